The van der Waals surface area contributed by atoms with Crippen molar-refractivity contribution in [2.75, 3.05) is 6.54 Å². The smallest absolute Gasteiger partial charge is 0.0995 e. The molecule has 0 unspecified atom stereocenters. The quantitative estimate of drug-likeness (QED) is 0.727. The monoisotopic (exact) mass is 220 g/mol. The van der Waals surface area contributed by atoms with Gasteiger partial charge in [0.15, 0.2) is 0 Å². The molecule has 1 aromatic carbocycles. The average molecular weight is 221 g/mol. The number of fused-ring (bicyclic) bond motifs is 2. The number of halogens is 1. The van der Waals surface area contributed by atoms with Gasteiger partial charge in [-0.1, -0.05) is 12.1 Å². The molecule has 1 fully saturated rings. The second-order valence-corrected chi connectivity index (χ2v) is 4.33. The van der Waals surface area contributed by atoms with E-state index in [2.05, 4.69) is 17.5 Å². The summed E-state index contributed by atoms with van der Waals surface area (Å²) in [6, 6.07) is 8.41. The third kappa shape index (κ3) is 1.43. The molecule has 1 N–H and O–H groups in total. The van der Waals surface area contributed by atoms with Gasteiger partial charge in [-0.05, 0) is 30.0 Å². The summed E-state index contributed by atoms with van der Waals surface area (Å²) in [6.45, 7) is 1.95. The van der Waals surface area contributed by atoms with Gasteiger partial charge in [-0.15, -0.1) is 12.4 Å². The first kappa shape index (κ1) is 10.5. The SMILES string of the molecule is Cl.N#Cc1cccc2c1CNCC21CC1. The molecule has 0 bridgehead atoms. The third-order valence-electron chi connectivity index (χ3n) is 3.49. The van der Waals surface area contributed by atoms with Crippen molar-refractivity contribution in [3.8, 4) is 6.07 Å². The Morgan fingerprint density at radius 1 is 1.33 bits per heavy atom. The Balaban J connectivity index is 0.000000853. The number of benzene rings is 1. The molecule has 0 amide bonds. The lowest BCUT2D eigenvalue weighted by atomic mass is 9.86. The summed E-state index contributed by atoms with van der Waals surface area (Å²) in [4.78, 5) is 0. The lowest BCUT2D eigenvalue weighted by Gasteiger charge is -2.26. The van der Waals surface area contributed by atoms with Gasteiger partial charge in [0.1, 0.15) is 0 Å². The van der Waals surface area contributed by atoms with Gasteiger partial charge in [0, 0.05) is 18.5 Å². The van der Waals surface area contributed by atoms with E-state index in [1.165, 1.54) is 24.0 Å². The highest BCUT2D eigenvalue weighted by atomic mass is 35.5. The number of nitriles is 1. The Hall–Kier alpha value is -1.04. The Kier molecular flexibility index (Phi) is 2.46. The molecular weight excluding hydrogens is 208 g/mol. The van der Waals surface area contributed by atoms with E-state index in [0.717, 1.165) is 18.7 Å². The van der Waals surface area contributed by atoms with Crippen LogP contribution in [-0.4, -0.2) is 6.54 Å². The van der Waals surface area contributed by atoms with Crippen molar-refractivity contribution in [2.45, 2.75) is 24.8 Å². The second-order valence-electron chi connectivity index (χ2n) is 4.33. The molecule has 0 atom stereocenters. The maximum atomic E-state index is 9.01. The van der Waals surface area contributed by atoms with Crippen molar-refractivity contribution in [3.63, 3.8) is 0 Å². The van der Waals surface area contributed by atoms with Crippen molar-refractivity contribution < 1.29 is 0 Å². The average Bonchev–Trinajstić information content (AvgIpc) is 2.99. The van der Waals surface area contributed by atoms with Crippen molar-refractivity contribution in [1.29, 1.82) is 5.26 Å². The van der Waals surface area contributed by atoms with Crippen molar-refractivity contribution in [1.82, 2.24) is 5.32 Å². The molecule has 1 aliphatic heterocycles. The third-order valence-corrected chi connectivity index (χ3v) is 3.49. The van der Waals surface area contributed by atoms with E-state index < -0.39 is 0 Å². The van der Waals surface area contributed by atoms with Crippen molar-refractivity contribution >= 4 is 12.4 Å². The van der Waals surface area contributed by atoms with E-state index in [1.807, 2.05) is 12.1 Å². The van der Waals surface area contributed by atoms with Crippen LogP contribution < -0.4 is 5.32 Å². The molecule has 2 nitrogen and oxygen atoms in total. The zero-order valence-electron chi connectivity index (χ0n) is 8.42. The minimum atomic E-state index is 0. The number of nitrogens with one attached hydrogen (secondary N) is 1. The highest BCUT2D eigenvalue weighted by molar-refractivity contribution is 5.85. The highest BCUT2D eigenvalue weighted by Gasteiger charge is 2.47. The van der Waals surface area contributed by atoms with Crippen LogP contribution in [0, 0.1) is 11.3 Å². The predicted octanol–water partition coefficient (Wildman–Crippen LogP) is 2.11. The molecule has 1 aliphatic carbocycles. The first-order valence-corrected chi connectivity index (χ1v) is 5.09. The lowest BCUT2D eigenvalue weighted by Crippen LogP contribution is -2.33. The minimum Gasteiger partial charge on any atom is -0.312 e. The lowest BCUT2D eigenvalue weighted by molar-refractivity contribution is 0.530. The molecule has 2 aliphatic rings. The highest BCUT2D eigenvalue weighted by Crippen LogP contribution is 2.50. The summed E-state index contributed by atoms with van der Waals surface area (Å²) in [6.07, 6.45) is 2.56. The first-order chi connectivity index (χ1) is 6.86. The van der Waals surface area contributed by atoms with Crippen LogP contribution in [-0.2, 0) is 12.0 Å². The number of nitrogens with zero attached hydrogens (tertiary/aromatic N) is 1. The Morgan fingerprint density at radius 2 is 2.13 bits per heavy atom. The summed E-state index contributed by atoms with van der Waals surface area (Å²) in [5.41, 5.74) is 3.90. The van der Waals surface area contributed by atoms with Gasteiger partial charge in [0.2, 0.25) is 0 Å². The summed E-state index contributed by atoms with van der Waals surface area (Å²) in [7, 11) is 0. The van der Waals surface area contributed by atoms with Gasteiger partial charge in [0.05, 0.1) is 11.6 Å². The molecule has 0 aromatic heterocycles. The number of hydrogen-bond donors (Lipinski definition) is 1. The van der Waals surface area contributed by atoms with Crippen LogP contribution in [0.3, 0.4) is 0 Å². The first-order valence-electron chi connectivity index (χ1n) is 5.09. The van der Waals surface area contributed by atoms with Crippen LogP contribution in [0.15, 0.2) is 18.2 Å². The zero-order valence-corrected chi connectivity index (χ0v) is 9.23. The van der Waals surface area contributed by atoms with Crippen LogP contribution in [0.25, 0.3) is 0 Å². The molecule has 1 aromatic rings. The van der Waals surface area contributed by atoms with E-state index in [1.54, 1.807) is 0 Å². The van der Waals surface area contributed by atoms with E-state index in [4.69, 9.17) is 5.26 Å². The summed E-state index contributed by atoms with van der Waals surface area (Å²) < 4.78 is 0. The van der Waals surface area contributed by atoms with Crippen LogP contribution in [0.1, 0.15) is 29.5 Å². The standard InChI is InChI=1S/C12H12N2.ClH/c13-6-9-2-1-3-11-10(9)7-14-8-12(11)4-5-12;/h1-3,14H,4-5,7-8H2;1H. The molecular formula is C12H13ClN2. The van der Waals surface area contributed by atoms with Gasteiger partial charge in [-0.25, -0.2) is 0 Å². The normalized spacial score (nSPS) is 19.9. The molecule has 0 radical (unpaired) electrons. The minimum absolute atomic E-state index is 0. The van der Waals surface area contributed by atoms with Gasteiger partial charge < -0.3 is 5.32 Å². The van der Waals surface area contributed by atoms with E-state index >= 15 is 0 Å². The van der Waals surface area contributed by atoms with E-state index in [-0.39, 0.29) is 12.4 Å². The predicted molar refractivity (Wildman–Crippen MR) is 61.0 cm³/mol. The molecule has 3 rings (SSSR count). The fourth-order valence-electron chi connectivity index (χ4n) is 2.50. The zero-order chi connectivity index (χ0) is 9.60. The number of hydrogen-bond acceptors (Lipinski definition) is 2. The largest absolute Gasteiger partial charge is 0.312 e. The second kappa shape index (κ2) is 3.52. The molecule has 15 heavy (non-hydrogen) atoms. The van der Waals surface area contributed by atoms with Crippen molar-refractivity contribution in [3.05, 3.63) is 34.9 Å². The molecule has 1 heterocycles. The topological polar surface area (TPSA) is 35.8 Å². The van der Waals surface area contributed by atoms with Crippen LogP contribution in [0.5, 0.6) is 0 Å². The summed E-state index contributed by atoms with van der Waals surface area (Å²) >= 11 is 0. The summed E-state index contributed by atoms with van der Waals surface area (Å²) in [5.74, 6) is 0. The number of rotatable bonds is 0. The van der Waals surface area contributed by atoms with Crippen LogP contribution in [0.2, 0.25) is 0 Å². The summed E-state index contributed by atoms with van der Waals surface area (Å²) in [5, 5.41) is 12.4. The van der Waals surface area contributed by atoms with Gasteiger partial charge >= 0.3 is 0 Å². The van der Waals surface area contributed by atoms with E-state index in [9.17, 15) is 0 Å². The Labute approximate surface area is 95.7 Å². The van der Waals surface area contributed by atoms with E-state index in [0.29, 0.717) is 5.41 Å². The molecule has 3 heteroatoms. The Morgan fingerprint density at radius 3 is 2.80 bits per heavy atom. The molecule has 0 saturated heterocycles. The van der Waals surface area contributed by atoms with Crippen LogP contribution >= 0.6 is 12.4 Å². The molecule has 1 spiro atoms. The van der Waals surface area contributed by atoms with Gasteiger partial charge in [-0.3, -0.25) is 0 Å². The maximum Gasteiger partial charge on any atom is 0.0995 e. The van der Waals surface area contributed by atoms with Crippen LogP contribution in [0.4, 0.5) is 0 Å². The van der Waals surface area contributed by atoms with Crippen molar-refractivity contribution in [2.24, 2.45) is 0 Å². The van der Waals surface area contributed by atoms with Gasteiger partial charge in [-0.2, -0.15) is 5.26 Å². The van der Waals surface area contributed by atoms with Gasteiger partial charge in [0.25, 0.3) is 0 Å². The fourth-order valence-corrected chi connectivity index (χ4v) is 2.50. The molecule has 1 saturated carbocycles. The Bertz CT molecular complexity index is 430. The molecule has 78 valence electrons. The maximum absolute atomic E-state index is 9.01. The fraction of sp³-hybridized carbons (Fsp3) is 0.417.